The van der Waals surface area contributed by atoms with Crippen LogP contribution in [0.5, 0.6) is 5.75 Å². The van der Waals surface area contributed by atoms with Crippen LogP contribution in [0.25, 0.3) is 6.08 Å². The van der Waals surface area contributed by atoms with E-state index in [1.54, 1.807) is 12.1 Å². The molecular weight excluding hydrogens is 362 g/mol. The molecule has 4 heteroatoms. The molecule has 0 saturated heterocycles. The lowest BCUT2D eigenvalue weighted by atomic mass is 10.1. The second-order valence-corrected chi connectivity index (χ2v) is 6.76. The Morgan fingerprint density at radius 3 is 2.45 bits per heavy atom. The molecule has 0 unspecified atom stereocenters. The molecule has 0 radical (unpaired) electrons. The third-order valence-corrected chi connectivity index (χ3v) is 4.40. The van der Waals surface area contributed by atoms with Gasteiger partial charge in [-0.15, -0.1) is 0 Å². The number of anilines is 1. The van der Waals surface area contributed by atoms with Gasteiger partial charge in [0.25, 0.3) is 0 Å². The first-order valence-electron chi connectivity index (χ1n) is 9.50. The molecule has 4 nitrogen and oxygen atoms in total. The van der Waals surface area contributed by atoms with Crippen LogP contribution in [0.1, 0.15) is 28.4 Å². The van der Waals surface area contributed by atoms with Crippen LogP contribution >= 0.6 is 0 Å². The van der Waals surface area contributed by atoms with Crippen molar-refractivity contribution in [2.24, 2.45) is 0 Å². The fourth-order valence-electron chi connectivity index (χ4n) is 2.85. The Bertz CT molecular complexity index is 963. The maximum absolute atomic E-state index is 11.5. The lowest BCUT2D eigenvalue weighted by Gasteiger charge is -2.10. The zero-order valence-corrected chi connectivity index (χ0v) is 16.7. The van der Waals surface area contributed by atoms with E-state index in [2.05, 4.69) is 18.3 Å². The Hall–Kier alpha value is -3.53. The lowest BCUT2D eigenvalue weighted by Crippen LogP contribution is -2.03. The SMILES string of the molecule is COC(=O)c1ccc(C=C(C)CNc2cccc(OCc3ccccc3)c2)cc1. The summed E-state index contributed by atoms with van der Waals surface area (Å²) < 4.78 is 10.6. The number of hydrogen-bond acceptors (Lipinski definition) is 4. The summed E-state index contributed by atoms with van der Waals surface area (Å²) in [7, 11) is 1.38. The van der Waals surface area contributed by atoms with Crippen LogP contribution in [0.2, 0.25) is 0 Å². The highest BCUT2D eigenvalue weighted by molar-refractivity contribution is 5.89. The zero-order chi connectivity index (χ0) is 20.5. The van der Waals surface area contributed by atoms with Gasteiger partial charge in [0.15, 0.2) is 0 Å². The van der Waals surface area contributed by atoms with Gasteiger partial charge in [-0.25, -0.2) is 4.79 Å². The summed E-state index contributed by atoms with van der Waals surface area (Å²) in [4.78, 5) is 11.5. The minimum atomic E-state index is -0.326. The fourth-order valence-corrected chi connectivity index (χ4v) is 2.85. The molecule has 0 atom stereocenters. The molecule has 0 aliphatic heterocycles. The van der Waals surface area contributed by atoms with Crippen molar-refractivity contribution in [1.82, 2.24) is 0 Å². The van der Waals surface area contributed by atoms with Gasteiger partial charge in [0.2, 0.25) is 0 Å². The highest BCUT2D eigenvalue weighted by Crippen LogP contribution is 2.19. The lowest BCUT2D eigenvalue weighted by molar-refractivity contribution is 0.0600. The van der Waals surface area contributed by atoms with E-state index in [0.29, 0.717) is 18.7 Å². The summed E-state index contributed by atoms with van der Waals surface area (Å²) in [5.74, 6) is 0.507. The minimum Gasteiger partial charge on any atom is -0.489 e. The van der Waals surface area contributed by atoms with E-state index in [9.17, 15) is 4.79 Å². The van der Waals surface area contributed by atoms with Crippen LogP contribution in [-0.4, -0.2) is 19.6 Å². The molecule has 0 fully saturated rings. The van der Waals surface area contributed by atoms with E-state index < -0.39 is 0 Å². The molecule has 3 aromatic carbocycles. The van der Waals surface area contributed by atoms with Crippen molar-refractivity contribution in [1.29, 1.82) is 0 Å². The first-order chi connectivity index (χ1) is 14.1. The average Bonchev–Trinajstić information content (AvgIpc) is 2.77. The Balaban J connectivity index is 1.55. The standard InChI is InChI=1S/C25H25NO3/c1-19(15-20-11-13-22(14-12-20)25(27)28-2)17-26-23-9-6-10-24(16-23)29-18-21-7-4-3-5-8-21/h3-16,26H,17-18H2,1-2H3. The molecule has 0 aromatic heterocycles. The maximum Gasteiger partial charge on any atom is 0.337 e. The van der Waals surface area contributed by atoms with E-state index >= 15 is 0 Å². The van der Waals surface area contributed by atoms with Crippen molar-refractivity contribution < 1.29 is 14.3 Å². The molecule has 0 aliphatic rings. The summed E-state index contributed by atoms with van der Waals surface area (Å²) in [6.45, 7) is 3.32. The molecule has 29 heavy (non-hydrogen) atoms. The molecular formula is C25H25NO3. The molecule has 0 spiro atoms. The van der Waals surface area contributed by atoms with Crippen molar-refractivity contribution in [3.8, 4) is 5.75 Å². The van der Waals surface area contributed by atoms with Gasteiger partial charge in [-0.3, -0.25) is 0 Å². The van der Waals surface area contributed by atoms with E-state index in [4.69, 9.17) is 9.47 Å². The normalized spacial score (nSPS) is 11.0. The van der Waals surface area contributed by atoms with Crippen LogP contribution < -0.4 is 10.1 Å². The predicted octanol–water partition coefficient (Wildman–Crippen LogP) is 5.57. The molecule has 3 aromatic rings. The van der Waals surface area contributed by atoms with E-state index in [0.717, 1.165) is 22.6 Å². The average molecular weight is 387 g/mol. The van der Waals surface area contributed by atoms with E-state index in [1.807, 2.05) is 66.7 Å². The van der Waals surface area contributed by atoms with Crippen molar-refractivity contribution in [3.63, 3.8) is 0 Å². The number of carbonyl (C=O) groups is 1. The van der Waals surface area contributed by atoms with Gasteiger partial charge in [-0.1, -0.05) is 60.2 Å². The van der Waals surface area contributed by atoms with Crippen LogP contribution in [-0.2, 0) is 11.3 Å². The summed E-state index contributed by atoms with van der Waals surface area (Å²) in [6, 6.07) is 25.4. The molecule has 0 amide bonds. The molecule has 1 N–H and O–H groups in total. The summed E-state index contributed by atoms with van der Waals surface area (Å²) in [5, 5.41) is 3.42. The number of methoxy groups -OCH3 is 1. The van der Waals surface area contributed by atoms with Gasteiger partial charge in [0.1, 0.15) is 12.4 Å². The van der Waals surface area contributed by atoms with Gasteiger partial charge in [0.05, 0.1) is 12.7 Å². The topological polar surface area (TPSA) is 47.6 Å². The third kappa shape index (κ3) is 6.25. The predicted molar refractivity (Wildman–Crippen MR) is 117 cm³/mol. The maximum atomic E-state index is 11.5. The van der Waals surface area contributed by atoms with Crippen molar-refractivity contribution in [2.75, 3.05) is 19.0 Å². The molecule has 0 heterocycles. The number of rotatable bonds is 8. The third-order valence-electron chi connectivity index (χ3n) is 4.40. The first-order valence-corrected chi connectivity index (χ1v) is 9.50. The van der Waals surface area contributed by atoms with Gasteiger partial charge >= 0.3 is 5.97 Å². The quantitative estimate of drug-likeness (QED) is 0.514. The summed E-state index contributed by atoms with van der Waals surface area (Å²) in [5.41, 5.74) is 4.91. The van der Waals surface area contributed by atoms with Gasteiger partial charge in [-0.05, 0) is 42.3 Å². The van der Waals surface area contributed by atoms with Crippen molar-refractivity contribution in [3.05, 3.63) is 101 Å². The highest BCUT2D eigenvalue weighted by Gasteiger charge is 2.04. The molecule has 148 valence electrons. The van der Waals surface area contributed by atoms with E-state index in [-0.39, 0.29) is 5.97 Å². The van der Waals surface area contributed by atoms with Crippen molar-refractivity contribution >= 4 is 17.7 Å². The van der Waals surface area contributed by atoms with Crippen LogP contribution in [0, 0.1) is 0 Å². The number of hydrogen-bond donors (Lipinski definition) is 1. The van der Waals surface area contributed by atoms with Crippen LogP contribution in [0.3, 0.4) is 0 Å². The van der Waals surface area contributed by atoms with Crippen LogP contribution in [0.4, 0.5) is 5.69 Å². The van der Waals surface area contributed by atoms with Gasteiger partial charge in [0, 0.05) is 18.3 Å². The minimum absolute atomic E-state index is 0.326. The summed E-state index contributed by atoms with van der Waals surface area (Å²) >= 11 is 0. The molecule has 0 saturated carbocycles. The first kappa shape index (κ1) is 20.2. The number of benzene rings is 3. The van der Waals surface area contributed by atoms with Gasteiger partial charge in [-0.2, -0.15) is 0 Å². The second-order valence-electron chi connectivity index (χ2n) is 6.76. The van der Waals surface area contributed by atoms with Crippen molar-refractivity contribution in [2.45, 2.75) is 13.5 Å². The number of esters is 1. The second kappa shape index (κ2) is 10.1. The number of carbonyl (C=O) groups excluding carboxylic acids is 1. The smallest absolute Gasteiger partial charge is 0.337 e. The highest BCUT2D eigenvalue weighted by atomic mass is 16.5. The van der Waals surface area contributed by atoms with E-state index in [1.165, 1.54) is 12.7 Å². The summed E-state index contributed by atoms with van der Waals surface area (Å²) in [6.07, 6.45) is 2.09. The monoisotopic (exact) mass is 387 g/mol. The molecule has 3 rings (SSSR count). The molecule has 0 bridgehead atoms. The van der Waals surface area contributed by atoms with Crippen LogP contribution in [0.15, 0.2) is 84.4 Å². The number of ether oxygens (including phenoxy) is 2. The fraction of sp³-hybridized carbons (Fsp3) is 0.160. The Labute approximate surface area is 171 Å². The zero-order valence-electron chi connectivity index (χ0n) is 16.7. The Morgan fingerprint density at radius 1 is 0.966 bits per heavy atom. The van der Waals surface area contributed by atoms with Gasteiger partial charge < -0.3 is 14.8 Å². The Morgan fingerprint density at radius 2 is 1.72 bits per heavy atom. The molecule has 0 aliphatic carbocycles. The largest absolute Gasteiger partial charge is 0.489 e. The number of nitrogens with one attached hydrogen (secondary N) is 1. The Kier molecular flexibility index (Phi) is 7.06.